The highest BCUT2D eigenvalue weighted by Gasteiger charge is 2.26. The van der Waals surface area contributed by atoms with Crippen LogP contribution in [0.3, 0.4) is 0 Å². The number of aliphatic hydroxyl groups excluding tert-OH is 1. The predicted octanol–water partition coefficient (Wildman–Crippen LogP) is 4.37. The molecule has 0 fully saturated rings. The molecule has 0 saturated carbocycles. The second-order valence-corrected chi connectivity index (χ2v) is 5.38. The van der Waals surface area contributed by atoms with Crippen LogP contribution in [0.15, 0.2) is 18.2 Å². The van der Waals surface area contributed by atoms with Gasteiger partial charge in [-0.15, -0.1) is 0 Å². The van der Waals surface area contributed by atoms with Gasteiger partial charge < -0.3 is 9.84 Å². The molecule has 2 nitrogen and oxygen atoms in total. The molecule has 1 aromatic rings. The third-order valence-corrected chi connectivity index (χ3v) is 3.74. The smallest absolute Gasteiger partial charge is 0.125 e. The van der Waals surface area contributed by atoms with Crippen LogP contribution < -0.4 is 4.74 Å². The maximum absolute atomic E-state index is 13.1. The lowest BCUT2D eigenvalue weighted by Gasteiger charge is -2.29. The molecule has 0 spiro atoms. The molecule has 1 aliphatic heterocycles. The average molecular weight is 266 g/mol. The fourth-order valence-corrected chi connectivity index (χ4v) is 2.64. The standard InChI is InChI=1S/C16H23FO2/c1-2-3-4-5-6-7-13-11-15(18)14-10-12(17)8-9-16(14)19-13/h8-10,13,15,18H,2-7,11H2,1H3. The Kier molecular flexibility index (Phi) is 5.20. The number of fused-ring (bicyclic) bond motifs is 1. The van der Waals surface area contributed by atoms with Gasteiger partial charge in [0.15, 0.2) is 0 Å². The normalized spacial score (nSPS) is 21.8. The molecule has 19 heavy (non-hydrogen) atoms. The molecule has 2 atom stereocenters. The summed E-state index contributed by atoms with van der Waals surface area (Å²) in [6, 6.07) is 4.38. The molecular weight excluding hydrogens is 243 g/mol. The van der Waals surface area contributed by atoms with E-state index in [1.165, 1.54) is 37.8 Å². The molecule has 0 radical (unpaired) electrons. The summed E-state index contributed by atoms with van der Waals surface area (Å²) in [6.07, 6.45) is 7.17. The molecule has 0 amide bonds. The largest absolute Gasteiger partial charge is 0.490 e. The van der Waals surface area contributed by atoms with E-state index in [0.717, 1.165) is 12.8 Å². The van der Waals surface area contributed by atoms with Crippen LogP contribution >= 0.6 is 0 Å². The Morgan fingerprint density at radius 1 is 1.26 bits per heavy atom. The Morgan fingerprint density at radius 3 is 2.84 bits per heavy atom. The highest BCUT2D eigenvalue weighted by Crippen LogP contribution is 2.36. The van der Waals surface area contributed by atoms with Gasteiger partial charge in [0.05, 0.1) is 6.10 Å². The number of ether oxygens (including phenoxy) is 1. The van der Waals surface area contributed by atoms with Crippen molar-refractivity contribution >= 4 is 0 Å². The predicted molar refractivity (Wildman–Crippen MR) is 73.8 cm³/mol. The second-order valence-electron chi connectivity index (χ2n) is 5.38. The van der Waals surface area contributed by atoms with Crippen LogP contribution in [-0.4, -0.2) is 11.2 Å². The Hall–Kier alpha value is -1.09. The molecule has 1 heterocycles. The van der Waals surface area contributed by atoms with Crippen LogP contribution in [0.25, 0.3) is 0 Å². The van der Waals surface area contributed by atoms with Gasteiger partial charge in [-0.25, -0.2) is 4.39 Å². The van der Waals surface area contributed by atoms with Crippen LogP contribution in [0, 0.1) is 5.82 Å². The highest BCUT2D eigenvalue weighted by molar-refractivity contribution is 5.37. The van der Waals surface area contributed by atoms with Crippen molar-refractivity contribution in [3.63, 3.8) is 0 Å². The lowest BCUT2D eigenvalue weighted by atomic mass is 9.96. The van der Waals surface area contributed by atoms with E-state index in [9.17, 15) is 9.50 Å². The zero-order chi connectivity index (χ0) is 13.7. The lowest BCUT2D eigenvalue weighted by Crippen LogP contribution is -2.25. The van der Waals surface area contributed by atoms with Gasteiger partial charge in [-0.3, -0.25) is 0 Å². The first-order chi connectivity index (χ1) is 9.20. The Morgan fingerprint density at radius 2 is 2.05 bits per heavy atom. The van der Waals surface area contributed by atoms with Crippen LogP contribution in [0.2, 0.25) is 0 Å². The fraction of sp³-hybridized carbons (Fsp3) is 0.625. The average Bonchev–Trinajstić information content (AvgIpc) is 2.39. The zero-order valence-corrected chi connectivity index (χ0v) is 11.6. The van der Waals surface area contributed by atoms with Gasteiger partial charge in [-0.2, -0.15) is 0 Å². The molecule has 0 aromatic heterocycles. The number of benzene rings is 1. The molecule has 0 saturated heterocycles. The van der Waals surface area contributed by atoms with E-state index >= 15 is 0 Å². The SMILES string of the molecule is CCCCCCCC1CC(O)c2cc(F)ccc2O1. The van der Waals surface area contributed by atoms with Crippen molar-refractivity contribution in [2.24, 2.45) is 0 Å². The molecular formula is C16H23FO2. The van der Waals surface area contributed by atoms with Crippen LogP contribution in [0.5, 0.6) is 5.75 Å². The summed E-state index contributed by atoms with van der Waals surface area (Å²) in [5, 5.41) is 10.1. The number of unbranched alkanes of at least 4 members (excludes halogenated alkanes) is 4. The molecule has 1 N–H and O–H groups in total. The molecule has 2 rings (SSSR count). The van der Waals surface area contributed by atoms with Gasteiger partial charge in [0.1, 0.15) is 17.7 Å². The zero-order valence-electron chi connectivity index (χ0n) is 11.6. The molecule has 2 unspecified atom stereocenters. The van der Waals surface area contributed by atoms with Crippen molar-refractivity contribution in [3.05, 3.63) is 29.6 Å². The van der Waals surface area contributed by atoms with Crippen molar-refractivity contribution in [1.82, 2.24) is 0 Å². The van der Waals surface area contributed by atoms with E-state index in [-0.39, 0.29) is 11.9 Å². The number of hydrogen-bond acceptors (Lipinski definition) is 2. The number of halogens is 1. The van der Waals surface area contributed by atoms with E-state index in [1.807, 2.05) is 0 Å². The van der Waals surface area contributed by atoms with Crippen LogP contribution in [0.1, 0.15) is 63.5 Å². The van der Waals surface area contributed by atoms with Gasteiger partial charge in [0, 0.05) is 12.0 Å². The van der Waals surface area contributed by atoms with Gasteiger partial charge in [-0.05, 0) is 31.0 Å². The second kappa shape index (κ2) is 6.90. The number of aliphatic hydroxyl groups is 1. The van der Waals surface area contributed by atoms with E-state index < -0.39 is 6.10 Å². The minimum Gasteiger partial charge on any atom is -0.490 e. The van der Waals surface area contributed by atoms with E-state index in [2.05, 4.69) is 6.92 Å². The molecule has 1 aliphatic rings. The Labute approximate surface area is 114 Å². The maximum Gasteiger partial charge on any atom is 0.125 e. The number of rotatable bonds is 6. The monoisotopic (exact) mass is 266 g/mol. The summed E-state index contributed by atoms with van der Waals surface area (Å²) >= 11 is 0. The summed E-state index contributed by atoms with van der Waals surface area (Å²) in [7, 11) is 0. The first-order valence-electron chi connectivity index (χ1n) is 7.35. The van der Waals surface area contributed by atoms with Crippen LogP contribution in [-0.2, 0) is 0 Å². The molecule has 0 aliphatic carbocycles. The highest BCUT2D eigenvalue weighted by atomic mass is 19.1. The van der Waals surface area contributed by atoms with E-state index in [4.69, 9.17) is 4.74 Å². The summed E-state index contributed by atoms with van der Waals surface area (Å²) in [4.78, 5) is 0. The summed E-state index contributed by atoms with van der Waals surface area (Å²) in [6.45, 7) is 2.21. The summed E-state index contributed by atoms with van der Waals surface area (Å²) in [5.41, 5.74) is 0.585. The van der Waals surface area contributed by atoms with Gasteiger partial charge >= 0.3 is 0 Å². The molecule has 106 valence electrons. The van der Waals surface area contributed by atoms with Crippen molar-refractivity contribution in [1.29, 1.82) is 0 Å². The number of hydrogen-bond donors (Lipinski definition) is 1. The fourth-order valence-electron chi connectivity index (χ4n) is 2.64. The van der Waals surface area contributed by atoms with Crippen molar-refractivity contribution in [2.75, 3.05) is 0 Å². The summed E-state index contributed by atoms with van der Waals surface area (Å²) < 4.78 is 19.0. The first kappa shape index (κ1) is 14.3. The third kappa shape index (κ3) is 3.93. The Bertz CT molecular complexity index is 406. The molecule has 1 aromatic carbocycles. The lowest BCUT2D eigenvalue weighted by molar-refractivity contribution is 0.0601. The quantitative estimate of drug-likeness (QED) is 0.775. The van der Waals surface area contributed by atoms with Crippen molar-refractivity contribution < 1.29 is 14.2 Å². The van der Waals surface area contributed by atoms with Crippen molar-refractivity contribution in [2.45, 2.75) is 64.1 Å². The summed E-state index contributed by atoms with van der Waals surface area (Å²) in [5.74, 6) is 0.318. The van der Waals surface area contributed by atoms with Gasteiger partial charge in [0.25, 0.3) is 0 Å². The van der Waals surface area contributed by atoms with E-state index in [0.29, 0.717) is 17.7 Å². The van der Waals surface area contributed by atoms with Gasteiger partial charge in [0.2, 0.25) is 0 Å². The molecule has 0 bridgehead atoms. The third-order valence-electron chi connectivity index (χ3n) is 3.74. The maximum atomic E-state index is 13.1. The van der Waals surface area contributed by atoms with Gasteiger partial charge in [-0.1, -0.05) is 32.6 Å². The first-order valence-corrected chi connectivity index (χ1v) is 7.35. The minimum absolute atomic E-state index is 0.0644. The topological polar surface area (TPSA) is 29.5 Å². The Balaban J connectivity index is 1.85. The van der Waals surface area contributed by atoms with Crippen LogP contribution in [0.4, 0.5) is 4.39 Å². The van der Waals surface area contributed by atoms with E-state index in [1.54, 1.807) is 6.07 Å². The molecule has 3 heteroatoms. The van der Waals surface area contributed by atoms with Crippen molar-refractivity contribution in [3.8, 4) is 5.75 Å². The minimum atomic E-state index is -0.597.